The Morgan fingerprint density at radius 3 is 2.54 bits per heavy atom. The Labute approximate surface area is 176 Å². The van der Waals surface area contributed by atoms with Gasteiger partial charge in [0.05, 0.1) is 11.4 Å². The van der Waals surface area contributed by atoms with Crippen molar-refractivity contribution in [1.82, 2.24) is 19.4 Å². The summed E-state index contributed by atoms with van der Waals surface area (Å²) in [5.41, 5.74) is 0. The molecule has 3 rings (SSSR count). The van der Waals surface area contributed by atoms with Crippen molar-refractivity contribution in [3.8, 4) is 0 Å². The molecule has 0 unspecified atom stereocenters. The number of halogens is 1. The van der Waals surface area contributed by atoms with Crippen LogP contribution in [0.1, 0.15) is 19.8 Å². The minimum Gasteiger partial charge on any atom is -0.339 e. The van der Waals surface area contributed by atoms with Crippen molar-refractivity contribution in [2.45, 2.75) is 30.7 Å². The van der Waals surface area contributed by atoms with Gasteiger partial charge in [-0.05, 0) is 50.2 Å². The van der Waals surface area contributed by atoms with Crippen molar-refractivity contribution in [2.75, 3.05) is 52.4 Å². The smallest absolute Gasteiger partial charge is 0.243 e. The fourth-order valence-corrected chi connectivity index (χ4v) is 5.61. The fourth-order valence-electron chi connectivity index (χ4n) is 3.92. The molecule has 0 radical (unpaired) electrons. The minimum absolute atomic E-state index is 0.105. The van der Waals surface area contributed by atoms with Gasteiger partial charge in [-0.1, -0.05) is 22.9 Å². The fraction of sp³-hybridized carbons (Fsp3) is 0.632. The molecule has 0 saturated carbocycles. The molecule has 0 aromatic heterocycles. The minimum atomic E-state index is -3.75. The van der Waals surface area contributed by atoms with Crippen LogP contribution < -0.4 is 5.32 Å². The van der Waals surface area contributed by atoms with Crippen molar-refractivity contribution < 1.29 is 13.2 Å². The van der Waals surface area contributed by atoms with Crippen LogP contribution in [-0.4, -0.2) is 86.8 Å². The molecule has 2 aliphatic heterocycles. The number of likely N-dealkylation sites (N-methyl/N-ethyl adjacent to an activating group) is 1. The second-order valence-corrected chi connectivity index (χ2v) is 10.2. The predicted octanol–water partition coefficient (Wildman–Crippen LogP) is 1.36. The quantitative estimate of drug-likeness (QED) is 0.648. The average Bonchev–Trinajstić information content (AvgIpc) is 3.15. The zero-order valence-electron chi connectivity index (χ0n) is 16.3. The summed E-state index contributed by atoms with van der Waals surface area (Å²) in [6.07, 6.45) is 2.03. The molecule has 2 saturated heterocycles. The Hall–Kier alpha value is -1.00. The lowest BCUT2D eigenvalue weighted by Crippen LogP contribution is -2.52. The number of benzene rings is 1. The maximum Gasteiger partial charge on any atom is 0.243 e. The molecule has 7 nitrogen and oxygen atoms in total. The van der Waals surface area contributed by atoms with Gasteiger partial charge in [-0.2, -0.15) is 4.31 Å². The highest BCUT2D eigenvalue weighted by Gasteiger charge is 2.33. The summed E-state index contributed by atoms with van der Waals surface area (Å²) in [6, 6.07) is 6.78. The lowest BCUT2D eigenvalue weighted by atomic mass is 10.2. The van der Waals surface area contributed by atoms with Gasteiger partial charge in [-0.15, -0.1) is 0 Å². The molecule has 2 fully saturated rings. The summed E-state index contributed by atoms with van der Waals surface area (Å²) < 4.78 is 28.9. The number of carbonyl (C=O) groups excluding carboxylic acids is 1. The number of amides is 1. The van der Waals surface area contributed by atoms with Crippen LogP contribution in [0.4, 0.5) is 0 Å². The molecule has 2 heterocycles. The lowest BCUT2D eigenvalue weighted by molar-refractivity contribution is -0.132. The Morgan fingerprint density at radius 2 is 1.89 bits per heavy atom. The summed E-state index contributed by atoms with van der Waals surface area (Å²) in [5.74, 6) is -0.122. The number of rotatable bonds is 7. The number of carbonyl (C=O) groups is 1. The van der Waals surface area contributed by atoms with E-state index in [0.717, 1.165) is 43.5 Å². The molecule has 0 spiro atoms. The van der Waals surface area contributed by atoms with Crippen molar-refractivity contribution in [3.05, 3.63) is 28.7 Å². The molecule has 156 valence electrons. The molecule has 1 aromatic carbocycles. The van der Waals surface area contributed by atoms with Crippen LogP contribution in [0.25, 0.3) is 0 Å². The van der Waals surface area contributed by atoms with E-state index in [0.29, 0.717) is 19.6 Å². The van der Waals surface area contributed by atoms with E-state index in [-0.39, 0.29) is 23.4 Å². The summed E-state index contributed by atoms with van der Waals surface area (Å²) in [7, 11) is -3.75. The normalized spacial score (nSPS) is 21.4. The van der Waals surface area contributed by atoms with E-state index in [2.05, 4.69) is 33.1 Å². The molecule has 1 aromatic rings. The molecule has 1 N–H and O–H groups in total. The van der Waals surface area contributed by atoms with E-state index in [4.69, 9.17) is 0 Å². The van der Waals surface area contributed by atoms with Crippen molar-refractivity contribution in [2.24, 2.45) is 0 Å². The zero-order valence-corrected chi connectivity index (χ0v) is 18.7. The van der Waals surface area contributed by atoms with E-state index < -0.39 is 10.0 Å². The zero-order chi connectivity index (χ0) is 20.1. The van der Waals surface area contributed by atoms with Crippen LogP contribution in [0.3, 0.4) is 0 Å². The van der Waals surface area contributed by atoms with Gasteiger partial charge < -0.3 is 10.2 Å². The van der Waals surface area contributed by atoms with Gasteiger partial charge in [0.1, 0.15) is 0 Å². The molecule has 9 heteroatoms. The van der Waals surface area contributed by atoms with Crippen molar-refractivity contribution in [3.63, 3.8) is 0 Å². The summed E-state index contributed by atoms with van der Waals surface area (Å²) in [5, 5.41) is 3.22. The first-order valence-corrected chi connectivity index (χ1v) is 12.1. The SMILES string of the molecule is CCN1CCC[C@@H]1CN(CC(=O)N1CCNCC1)S(=O)(=O)c1ccc(Br)cc1. The Balaban J connectivity index is 1.82. The van der Waals surface area contributed by atoms with E-state index in [9.17, 15) is 13.2 Å². The number of hydrogen-bond acceptors (Lipinski definition) is 5. The third-order valence-electron chi connectivity index (χ3n) is 5.55. The van der Waals surface area contributed by atoms with Crippen molar-refractivity contribution in [1.29, 1.82) is 0 Å². The number of nitrogens with zero attached hydrogens (tertiary/aromatic N) is 3. The predicted molar refractivity (Wildman–Crippen MR) is 113 cm³/mol. The number of nitrogens with one attached hydrogen (secondary N) is 1. The van der Waals surface area contributed by atoms with Crippen LogP contribution in [0.15, 0.2) is 33.6 Å². The molecular formula is C19H29BrN4O3S. The van der Waals surface area contributed by atoms with Gasteiger partial charge in [0, 0.05) is 43.2 Å². The second kappa shape index (κ2) is 9.67. The third kappa shape index (κ3) is 5.13. The van der Waals surface area contributed by atoms with Crippen LogP contribution in [0.5, 0.6) is 0 Å². The van der Waals surface area contributed by atoms with E-state index >= 15 is 0 Å². The molecule has 2 aliphatic rings. The van der Waals surface area contributed by atoms with Gasteiger partial charge in [0.2, 0.25) is 15.9 Å². The summed E-state index contributed by atoms with van der Waals surface area (Å²) >= 11 is 3.35. The molecule has 0 aliphatic carbocycles. The molecular weight excluding hydrogens is 444 g/mol. The molecule has 0 bridgehead atoms. The topological polar surface area (TPSA) is 73.0 Å². The largest absolute Gasteiger partial charge is 0.339 e. The number of hydrogen-bond donors (Lipinski definition) is 1. The number of sulfonamides is 1. The first-order chi connectivity index (χ1) is 13.4. The molecule has 28 heavy (non-hydrogen) atoms. The van der Waals surface area contributed by atoms with Gasteiger partial charge in [-0.25, -0.2) is 8.42 Å². The van der Waals surface area contributed by atoms with E-state index in [1.54, 1.807) is 29.2 Å². The maximum absolute atomic E-state index is 13.4. The highest BCUT2D eigenvalue weighted by atomic mass is 79.9. The van der Waals surface area contributed by atoms with Crippen LogP contribution >= 0.6 is 15.9 Å². The van der Waals surface area contributed by atoms with Crippen LogP contribution in [0.2, 0.25) is 0 Å². The Kier molecular flexibility index (Phi) is 7.49. The first-order valence-electron chi connectivity index (χ1n) is 9.90. The van der Waals surface area contributed by atoms with Crippen molar-refractivity contribution >= 4 is 31.9 Å². The lowest BCUT2D eigenvalue weighted by Gasteiger charge is -2.32. The third-order valence-corrected chi connectivity index (χ3v) is 7.91. The Morgan fingerprint density at radius 1 is 1.21 bits per heavy atom. The highest BCUT2D eigenvalue weighted by molar-refractivity contribution is 9.10. The van der Waals surface area contributed by atoms with E-state index in [1.807, 2.05) is 0 Å². The number of likely N-dealkylation sites (tertiary alicyclic amines) is 1. The second-order valence-electron chi connectivity index (χ2n) is 7.31. The van der Waals surface area contributed by atoms with Gasteiger partial charge in [-0.3, -0.25) is 9.69 Å². The van der Waals surface area contributed by atoms with Crippen LogP contribution in [-0.2, 0) is 14.8 Å². The van der Waals surface area contributed by atoms with Crippen LogP contribution in [0, 0.1) is 0 Å². The van der Waals surface area contributed by atoms with Gasteiger partial charge in [0.15, 0.2) is 0 Å². The standard InChI is InChI=1S/C19H29BrN4O3S/c1-2-22-11-3-4-17(22)14-24(15-19(25)23-12-9-21-10-13-23)28(26,27)18-7-5-16(20)6-8-18/h5-8,17,21H,2-4,9-15H2,1H3/t17-/m1/s1. The highest BCUT2D eigenvalue weighted by Crippen LogP contribution is 2.23. The number of piperazine rings is 1. The maximum atomic E-state index is 13.4. The Bertz CT molecular complexity index is 766. The van der Waals surface area contributed by atoms with Gasteiger partial charge in [0.25, 0.3) is 0 Å². The first kappa shape index (κ1) is 21.7. The van der Waals surface area contributed by atoms with E-state index in [1.165, 1.54) is 4.31 Å². The summed E-state index contributed by atoms with van der Waals surface area (Å²) in [6.45, 7) is 6.95. The summed E-state index contributed by atoms with van der Waals surface area (Å²) in [4.78, 5) is 17.1. The molecule has 1 atom stereocenters. The average molecular weight is 473 g/mol. The molecule has 1 amide bonds. The van der Waals surface area contributed by atoms with Gasteiger partial charge >= 0.3 is 0 Å². The monoisotopic (exact) mass is 472 g/mol.